The van der Waals surface area contributed by atoms with Crippen LogP contribution in [0.25, 0.3) is 10.8 Å². The fourth-order valence-electron chi connectivity index (χ4n) is 2.12. The molecule has 3 aromatic rings. The van der Waals surface area contributed by atoms with Gasteiger partial charge in [0.25, 0.3) is 0 Å². The third kappa shape index (κ3) is 2.18. The van der Waals surface area contributed by atoms with E-state index >= 15 is 0 Å². The number of rotatable bonds is 2. The van der Waals surface area contributed by atoms with E-state index < -0.39 is 0 Å². The summed E-state index contributed by atoms with van der Waals surface area (Å²) >= 11 is 6.04. The minimum Gasteiger partial charge on any atom is -0.354 e. The quantitative estimate of drug-likeness (QED) is 0.751. The SMILES string of the molecule is N#Cc1c(Cl)cccc1Nc1cccc2cnccc12. The van der Waals surface area contributed by atoms with Gasteiger partial charge in [0.15, 0.2) is 0 Å². The lowest BCUT2D eigenvalue weighted by Crippen LogP contribution is -1.95. The van der Waals surface area contributed by atoms with Crippen molar-refractivity contribution < 1.29 is 0 Å². The third-order valence-electron chi connectivity index (χ3n) is 3.08. The van der Waals surface area contributed by atoms with Crippen molar-refractivity contribution >= 4 is 33.7 Å². The maximum absolute atomic E-state index is 9.21. The van der Waals surface area contributed by atoms with Crippen molar-refractivity contribution in [2.75, 3.05) is 5.32 Å². The van der Waals surface area contributed by atoms with Crippen LogP contribution in [0.2, 0.25) is 5.02 Å². The van der Waals surface area contributed by atoms with Crippen molar-refractivity contribution in [3.8, 4) is 6.07 Å². The average Bonchev–Trinajstić information content (AvgIpc) is 2.48. The molecule has 0 saturated heterocycles. The normalized spacial score (nSPS) is 10.2. The second-order valence-electron chi connectivity index (χ2n) is 4.30. The molecule has 0 radical (unpaired) electrons. The van der Waals surface area contributed by atoms with E-state index in [4.69, 9.17) is 11.6 Å². The van der Waals surface area contributed by atoms with Crippen LogP contribution in [0.5, 0.6) is 0 Å². The fraction of sp³-hybridized carbons (Fsp3) is 0. The highest BCUT2D eigenvalue weighted by Crippen LogP contribution is 2.29. The number of benzene rings is 2. The zero-order chi connectivity index (χ0) is 13.9. The van der Waals surface area contributed by atoms with E-state index in [1.54, 1.807) is 12.3 Å². The Labute approximate surface area is 121 Å². The van der Waals surface area contributed by atoms with Gasteiger partial charge in [0.05, 0.1) is 16.3 Å². The van der Waals surface area contributed by atoms with Crippen LogP contribution in [0.4, 0.5) is 11.4 Å². The fourth-order valence-corrected chi connectivity index (χ4v) is 2.34. The van der Waals surface area contributed by atoms with Crippen molar-refractivity contribution in [2.45, 2.75) is 0 Å². The van der Waals surface area contributed by atoms with Crippen LogP contribution in [-0.2, 0) is 0 Å². The molecule has 3 nitrogen and oxygen atoms in total. The minimum absolute atomic E-state index is 0.444. The van der Waals surface area contributed by atoms with Gasteiger partial charge < -0.3 is 5.32 Å². The third-order valence-corrected chi connectivity index (χ3v) is 3.39. The molecule has 1 heterocycles. The molecule has 3 rings (SSSR count). The van der Waals surface area contributed by atoms with Gasteiger partial charge in [0.2, 0.25) is 0 Å². The lowest BCUT2D eigenvalue weighted by Gasteiger charge is -2.11. The van der Waals surface area contributed by atoms with Gasteiger partial charge in [-0.2, -0.15) is 5.26 Å². The number of fused-ring (bicyclic) bond motifs is 1. The summed E-state index contributed by atoms with van der Waals surface area (Å²) in [4.78, 5) is 4.11. The second-order valence-corrected chi connectivity index (χ2v) is 4.71. The lowest BCUT2D eigenvalue weighted by atomic mass is 10.1. The van der Waals surface area contributed by atoms with E-state index in [1.165, 1.54) is 0 Å². The second kappa shape index (κ2) is 5.20. The van der Waals surface area contributed by atoms with Crippen molar-refractivity contribution in [3.63, 3.8) is 0 Å². The van der Waals surface area contributed by atoms with E-state index in [0.29, 0.717) is 16.3 Å². The van der Waals surface area contributed by atoms with E-state index in [-0.39, 0.29) is 0 Å². The summed E-state index contributed by atoms with van der Waals surface area (Å²) in [6.45, 7) is 0. The van der Waals surface area contributed by atoms with Crippen molar-refractivity contribution in [1.29, 1.82) is 5.26 Å². The number of halogens is 1. The Morgan fingerprint density at radius 3 is 2.70 bits per heavy atom. The van der Waals surface area contributed by atoms with E-state index in [0.717, 1.165) is 16.5 Å². The molecular weight excluding hydrogens is 270 g/mol. The molecule has 96 valence electrons. The topological polar surface area (TPSA) is 48.7 Å². The van der Waals surface area contributed by atoms with Crippen LogP contribution >= 0.6 is 11.6 Å². The van der Waals surface area contributed by atoms with Gasteiger partial charge in [0.1, 0.15) is 6.07 Å². The molecule has 0 saturated carbocycles. The van der Waals surface area contributed by atoms with Crippen LogP contribution in [0.1, 0.15) is 5.56 Å². The molecule has 0 spiro atoms. The van der Waals surface area contributed by atoms with Gasteiger partial charge in [-0.15, -0.1) is 0 Å². The number of anilines is 2. The van der Waals surface area contributed by atoms with Crippen molar-refractivity contribution in [3.05, 3.63) is 65.4 Å². The van der Waals surface area contributed by atoms with Gasteiger partial charge in [-0.05, 0) is 24.3 Å². The predicted octanol–water partition coefficient (Wildman–Crippen LogP) is 4.50. The maximum atomic E-state index is 9.21. The molecule has 0 unspecified atom stereocenters. The molecule has 1 aromatic heterocycles. The summed E-state index contributed by atoms with van der Waals surface area (Å²) in [7, 11) is 0. The number of hydrogen-bond donors (Lipinski definition) is 1. The molecule has 0 aliphatic heterocycles. The summed E-state index contributed by atoms with van der Waals surface area (Å²) in [6, 6.07) is 15.3. The largest absolute Gasteiger partial charge is 0.354 e. The average molecular weight is 280 g/mol. The van der Waals surface area contributed by atoms with Crippen LogP contribution in [0.3, 0.4) is 0 Å². The number of aromatic nitrogens is 1. The monoisotopic (exact) mass is 279 g/mol. The standard InChI is InChI=1S/C16H10ClN3/c17-14-4-2-6-16(13(14)9-18)20-15-5-1-3-11-10-19-8-7-12(11)15/h1-8,10,20H. The Balaban J connectivity index is 2.11. The molecule has 0 aliphatic rings. The molecule has 0 bridgehead atoms. The van der Waals surface area contributed by atoms with Crippen LogP contribution in [-0.4, -0.2) is 4.98 Å². The number of hydrogen-bond acceptors (Lipinski definition) is 3. The first-order valence-electron chi connectivity index (χ1n) is 6.08. The number of nitrogens with one attached hydrogen (secondary N) is 1. The molecule has 4 heteroatoms. The van der Waals surface area contributed by atoms with E-state index in [1.807, 2.05) is 42.6 Å². The van der Waals surface area contributed by atoms with Crippen LogP contribution in [0.15, 0.2) is 54.9 Å². The lowest BCUT2D eigenvalue weighted by molar-refractivity contribution is 1.36. The number of nitrogens with zero attached hydrogens (tertiary/aromatic N) is 2. The predicted molar refractivity (Wildman–Crippen MR) is 81.2 cm³/mol. The van der Waals surface area contributed by atoms with Crippen LogP contribution < -0.4 is 5.32 Å². The first-order valence-corrected chi connectivity index (χ1v) is 6.46. The Kier molecular flexibility index (Phi) is 3.24. The summed E-state index contributed by atoms with van der Waals surface area (Å²) in [5.41, 5.74) is 2.06. The first-order chi connectivity index (χ1) is 9.79. The molecule has 20 heavy (non-hydrogen) atoms. The smallest absolute Gasteiger partial charge is 0.103 e. The van der Waals surface area contributed by atoms with Gasteiger partial charge >= 0.3 is 0 Å². The Hall–Kier alpha value is -2.57. The number of nitriles is 1. The highest BCUT2D eigenvalue weighted by atomic mass is 35.5. The molecule has 1 N–H and O–H groups in total. The minimum atomic E-state index is 0.444. The maximum Gasteiger partial charge on any atom is 0.103 e. The first kappa shape index (κ1) is 12.5. The van der Waals surface area contributed by atoms with Gasteiger partial charge in [-0.25, -0.2) is 0 Å². The molecule has 0 aliphatic carbocycles. The Morgan fingerprint density at radius 2 is 1.85 bits per heavy atom. The van der Waals surface area contributed by atoms with Gasteiger partial charge in [0, 0.05) is 28.9 Å². The molecule has 0 amide bonds. The number of pyridine rings is 1. The molecule has 0 fully saturated rings. The zero-order valence-electron chi connectivity index (χ0n) is 10.5. The highest BCUT2D eigenvalue weighted by Gasteiger charge is 2.08. The van der Waals surface area contributed by atoms with Crippen LogP contribution in [0, 0.1) is 11.3 Å². The zero-order valence-corrected chi connectivity index (χ0v) is 11.2. The highest BCUT2D eigenvalue weighted by molar-refractivity contribution is 6.32. The van der Waals surface area contributed by atoms with Crippen molar-refractivity contribution in [2.24, 2.45) is 0 Å². The Bertz CT molecular complexity index is 816. The van der Waals surface area contributed by atoms with E-state index in [9.17, 15) is 5.26 Å². The van der Waals surface area contributed by atoms with Crippen molar-refractivity contribution in [1.82, 2.24) is 4.98 Å². The summed E-state index contributed by atoms with van der Waals surface area (Å²) < 4.78 is 0. The summed E-state index contributed by atoms with van der Waals surface area (Å²) in [5, 5.41) is 15.0. The summed E-state index contributed by atoms with van der Waals surface area (Å²) in [5.74, 6) is 0. The Morgan fingerprint density at radius 1 is 1.05 bits per heavy atom. The molecule has 2 aromatic carbocycles. The molecule has 0 atom stereocenters. The van der Waals surface area contributed by atoms with Gasteiger partial charge in [-0.3, -0.25) is 4.98 Å². The van der Waals surface area contributed by atoms with E-state index in [2.05, 4.69) is 16.4 Å². The molecular formula is C16H10ClN3. The van der Waals surface area contributed by atoms with Gasteiger partial charge in [-0.1, -0.05) is 29.8 Å². The summed E-state index contributed by atoms with van der Waals surface area (Å²) in [6.07, 6.45) is 3.56.